The van der Waals surface area contributed by atoms with Crippen LogP contribution in [0.15, 0.2) is 30.7 Å². The molecule has 0 saturated carbocycles. The number of aryl methyl sites for hydroxylation is 1. The number of carboxylic acids is 1. The van der Waals surface area contributed by atoms with Crippen molar-refractivity contribution in [2.45, 2.75) is 6.42 Å². The number of nitrogens with one attached hydrogen (secondary N) is 1. The molecule has 0 spiro atoms. The fraction of sp³-hybridized carbons (Fsp3) is 0.231. The lowest BCUT2D eigenvalue weighted by Crippen LogP contribution is -2.26. The van der Waals surface area contributed by atoms with Gasteiger partial charge in [-0.3, -0.25) is 9.48 Å². The molecule has 0 atom stereocenters. The summed E-state index contributed by atoms with van der Waals surface area (Å²) in [7, 11) is 1.83. The number of amides is 1. The van der Waals surface area contributed by atoms with E-state index >= 15 is 0 Å². The van der Waals surface area contributed by atoms with Crippen molar-refractivity contribution in [1.29, 1.82) is 0 Å². The van der Waals surface area contributed by atoms with Crippen LogP contribution in [0.2, 0.25) is 0 Å². The van der Waals surface area contributed by atoms with Crippen LogP contribution in [0.1, 0.15) is 26.4 Å². The Bertz CT molecular complexity index is 636. The number of pyridine rings is 1. The van der Waals surface area contributed by atoms with Crippen LogP contribution in [-0.2, 0) is 13.5 Å². The third-order valence-corrected chi connectivity index (χ3v) is 2.70. The van der Waals surface area contributed by atoms with Crippen molar-refractivity contribution in [3.8, 4) is 0 Å². The van der Waals surface area contributed by atoms with E-state index in [-0.39, 0.29) is 17.2 Å². The fourth-order valence-electron chi connectivity index (χ4n) is 1.71. The quantitative estimate of drug-likeness (QED) is 0.826. The zero-order valence-electron chi connectivity index (χ0n) is 10.9. The molecule has 0 saturated heterocycles. The Morgan fingerprint density at radius 1 is 1.45 bits per heavy atom. The first-order valence-electron chi connectivity index (χ1n) is 6.01. The summed E-state index contributed by atoms with van der Waals surface area (Å²) in [4.78, 5) is 26.3. The molecule has 2 aromatic heterocycles. The second kappa shape index (κ2) is 5.96. The summed E-state index contributed by atoms with van der Waals surface area (Å²) in [5, 5.41) is 15.6. The first kappa shape index (κ1) is 13.7. The molecule has 2 rings (SSSR count). The van der Waals surface area contributed by atoms with E-state index in [2.05, 4.69) is 15.4 Å². The molecular formula is C13H14N4O3. The lowest BCUT2D eigenvalue weighted by atomic mass is 10.2. The SMILES string of the molecule is Cn1cc(CCNC(=O)c2ccnc(C(=O)O)c2)cn1. The van der Waals surface area contributed by atoms with Crippen LogP contribution in [0.5, 0.6) is 0 Å². The summed E-state index contributed by atoms with van der Waals surface area (Å²) in [5.41, 5.74) is 1.15. The largest absolute Gasteiger partial charge is 0.477 e. The van der Waals surface area contributed by atoms with Gasteiger partial charge in [0, 0.05) is 31.5 Å². The minimum absolute atomic E-state index is 0.148. The minimum Gasteiger partial charge on any atom is -0.477 e. The highest BCUT2D eigenvalue weighted by atomic mass is 16.4. The van der Waals surface area contributed by atoms with Gasteiger partial charge >= 0.3 is 5.97 Å². The normalized spacial score (nSPS) is 10.2. The van der Waals surface area contributed by atoms with Crippen molar-refractivity contribution in [3.63, 3.8) is 0 Å². The zero-order valence-corrected chi connectivity index (χ0v) is 10.9. The van der Waals surface area contributed by atoms with Crippen molar-refractivity contribution in [2.75, 3.05) is 6.54 Å². The van der Waals surface area contributed by atoms with Gasteiger partial charge in [0.1, 0.15) is 5.69 Å². The Hall–Kier alpha value is -2.70. The molecule has 0 aliphatic heterocycles. The molecule has 7 nitrogen and oxygen atoms in total. The van der Waals surface area contributed by atoms with Gasteiger partial charge in [0.2, 0.25) is 0 Å². The molecular weight excluding hydrogens is 260 g/mol. The summed E-state index contributed by atoms with van der Waals surface area (Å²) in [5.74, 6) is -1.48. The van der Waals surface area contributed by atoms with E-state index in [1.807, 2.05) is 13.2 Å². The topological polar surface area (TPSA) is 97.1 Å². The molecule has 0 aromatic carbocycles. The number of carbonyl (C=O) groups is 2. The van der Waals surface area contributed by atoms with Gasteiger partial charge in [0.05, 0.1) is 6.20 Å². The third-order valence-electron chi connectivity index (χ3n) is 2.70. The van der Waals surface area contributed by atoms with Gasteiger partial charge in [0.25, 0.3) is 5.91 Å². The molecule has 0 unspecified atom stereocenters. The number of carboxylic acid groups (broad SMARTS) is 1. The lowest BCUT2D eigenvalue weighted by Gasteiger charge is -2.04. The number of hydrogen-bond donors (Lipinski definition) is 2. The van der Waals surface area contributed by atoms with Gasteiger partial charge in [-0.25, -0.2) is 9.78 Å². The van der Waals surface area contributed by atoms with E-state index in [9.17, 15) is 9.59 Å². The number of hydrogen-bond acceptors (Lipinski definition) is 4. The number of aromatic carboxylic acids is 1. The van der Waals surface area contributed by atoms with Crippen LogP contribution in [0, 0.1) is 0 Å². The highest BCUT2D eigenvalue weighted by Crippen LogP contribution is 2.02. The van der Waals surface area contributed by atoms with Crippen molar-refractivity contribution in [2.24, 2.45) is 7.05 Å². The molecule has 2 heterocycles. The molecule has 20 heavy (non-hydrogen) atoms. The first-order chi connectivity index (χ1) is 9.56. The van der Waals surface area contributed by atoms with Crippen molar-refractivity contribution < 1.29 is 14.7 Å². The molecule has 0 aliphatic carbocycles. The predicted octanol–water partition coefficient (Wildman–Crippen LogP) is 0.486. The fourth-order valence-corrected chi connectivity index (χ4v) is 1.71. The molecule has 0 radical (unpaired) electrons. The number of nitrogens with zero attached hydrogens (tertiary/aromatic N) is 3. The van der Waals surface area contributed by atoms with Gasteiger partial charge in [-0.05, 0) is 24.1 Å². The van der Waals surface area contributed by atoms with E-state index in [1.165, 1.54) is 18.3 Å². The lowest BCUT2D eigenvalue weighted by molar-refractivity contribution is 0.0690. The number of carbonyl (C=O) groups excluding carboxylic acids is 1. The van der Waals surface area contributed by atoms with Crippen LogP contribution in [0.4, 0.5) is 0 Å². The molecule has 2 N–H and O–H groups in total. The average Bonchev–Trinajstić information content (AvgIpc) is 2.84. The zero-order chi connectivity index (χ0) is 14.5. The highest BCUT2D eigenvalue weighted by Gasteiger charge is 2.10. The Kier molecular flexibility index (Phi) is 4.09. The molecule has 1 amide bonds. The second-order valence-corrected chi connectivity index (χ2v) is 4.26. The smallest absolute Gasteiger partial charge is 0.354 e. The van der Waals surface area contributed by atoms with E-state index in [1.54, 1.807) is 10.9 Å². The van der Waals surface area contributed by atoms with E-state index in [0.29, 0.717) is 13.0 Å². The van der Waals surface area contributed by atoms with Gasteiger partial charge < -0.3 is 10.4 Å². The molecule has 0 bridgehead atoms. The van der Waals surface area contributed by atoms with Crippen LogP contribution in [0.3, 0.4) is 0 Å². The number of rotatable bonds is 5. The molecule has 104 valence electrons. The Morgan fingerprint density at radius 3 is 2.90 bits per heavy atom. The summed E-state index contributed by atoms with van der Waals surface area (Å²) in [6.07, 6.45) is 5.58. The van der Waals surface area contributed by atoms with Crippen LogP contribution >= 0.6 is 0 Å². The number of aromatic nitrogens is 3. The first-order valence-corrected chi connectivity index (χ1v) is 6.01. The maximum atomic E-state index is 11.9. The standard InChI is InChI=1S/C13H14N4O3/c1-17-8-9(7-16-17)2-4-15-12(18)10-3-5-14-11(6-10)13(19)20/h3,5-8H,2,4H2,1H3,(H,15,18)(H,19,20). The summed E-state index contributed by atoms with van der Waals surface area (Å²) in [6.45, 7) is 0.454. The van der Waals surface area contributed by atoms with Gasteiger partial charge in [-0.2, -0.15) is 5.10 Å². The van der Waals surface area contributed by atoms with Crippen molar-refractivity contribution >= 4 is 11.9 Å². The summed E-state index contributed by atoms with van der Waals surface area (Å²) >= 11 is 0. The Morgan fingerprint density at radius 2 is 2.25 bits per heavy atom. The van der Waals surface area contributed by atoms with Crippen molar-refractivity contribution in [3.05, 3.63) is 47.5 Å². The van der Waals surface area contributed by atoms with Gasteiger partial charge in [0.15, 0.2) is 0 Å². The van der Waals surface area contributed by atoms with E-state index in [0.717, 1.165) is 5.56 Å². The van der Waals surface area contributed by atoms with Gasteiger partial charge in [-0.15, -0.1) is 0 Å². The summed E-state index contributed by atoms with van der Waals surface area (Å²) in [6, 6.07) is 2.73. The maximum Gasteiger partial charge on any atom is 0.354 e. The van der Waals surface area contributed by atoms with Crippen LogP contribution in [-0.4, -0.2) is 38.3 Å². The van der Waals surface area contributed by atoms with E-state index in [4.69, 9.17) is 5.11 Å². The predicted molar refractivity (Wildman–Crippen MR) is 70.4 cm³/mol. The molecule has 0 fully saturated rings. The average molecular weight is 274 g/mol. The molecule has 7 heteroatoms. The summed E-state index contributed by atoms with van der Waals surface area (Å²) < 4.78 is 1.69. The highest BCUT2D eigenvalue weighted by molar-refractivity contribution is 5.96. The Balaban J connectivity index is 1.91. The van der Waals surface area contributed by atoms with Crippen LogP contribution < -0.4 is 5.32 Å². The van der Waals surface area contributed by atoms with Gasteiger partial charge in [-0.1, -0.05) is 0 Å². The molecule has 2 aromatic rings. The minimum atomic E-state index is -1.16. The maximum absolute atomic E-state index is 11.9. The van der Waals surface area contributed by atoms with Crippen LogP contribution in [0.25, 0.3) is 0 Å². The van der Waals surface area contributed by atoms with E-state index < -0.39 is 5.97 Å². The monoisotopic (exact) mass is 274 g/mol. The van der Waals surface area contributed by atoms with Crippen molar-refractivity contribution in [1.82, 2.24) is 20.1 Å². The second-order valence-electron chi connectivity index (χ2n) is 4.26. The molecule has 0 aliphatic rings. The Labute approximate surface area is 115 Å². The third kappa shape index (κ3) is 3.41.